The van der Waals surface area contributed by atoms with Crippen LogP contribution < -0.4 is 5.32 Å². The molecule has 3 nitrogen and oxygen atoms in total. The summed E-state index contributed by atoms with van der Waals surface area (Å²) in [5.41, 5.74) is 0.905. The van der Waals surface area contributed by atoms with Gasteiger partial charge in [-0.1, -0.05) is 6.92 Å². The van der Waals surface area contributed by atoms with Gasteiger partial charge in [-0.15, -0.1) is 11.6 Å². The van der Waals surface area contributed by atoms with E-state index in [0.29, 0.717) is 0 Å². The first-order valence-corrected chi connectivity index (χ1v) is 4.83. The Morgan fingerprint density at radius 2 is 2.15 bits per heavy atom. The molecule has 1 aromatic heterocycles. The standard InChI is InChI=1S/C9H14ClN3/c1-3-8(10)6-13-9-7(2)11-4-5-12-9/h4-5,8H,3,6H2,1-2H3,(H,12,13). The van der Waals surface area contributed by atoms with Gasteiger partial charge < -0.3 is 5.32 Å². The molecule has 72 valence electrons. The van der Waals surface area contributed by atoms with Crippen molar-refractivity contribution >= 4 is 17.4 Å². The molecule has 0 bridgehead atoms. The molecule has 0 aliphatic heterocycles. The van der Waals surface area contributed by atoms with Crippen LogP contribution in [-0.4, -0.2) is 21.9 Å². The number of rotatable bonds is 4. The van der Waals surface area contributed by atoms with Crippen LogP contribution in [0.4, 0.5) is 5.82 Å². The Bertz CT molecular complexity index is 265. The molecule has 13 heavy (non-hydrogen) atoms. The predicted molar refractivity (Wildman–Crippen MR) is 55.2 cm³/mol. The molecule has 0 aliphatic carbocycles. The summed E-state index contributed by atoms with van der Waals surface area (Å²) in [6.45, 7) is 4.71. The molecule has 0 aliphatic rings. The molecular weight excluding hydrogens is 186 g/mol. The Hall–Kier alpha value is -0.830. The second kappa shape index (κ2) is 5.02. The van der Waals surface area contributed by atoms with Crippen molar-refractivity contribution in [2.24, 2.45) is 0 Å². The SMILES string of the molecule is CCC(Cl)CNc1nccnc1C. The summed E-state index contributed by atoms with van der Waals surface area (Å²) in [4.78, 5) is 8.27. The quantitative estimate of drug-likeness (QED) is 0.756. The van der Waals surface area contributed by atoms with Crippen LogP contribution in [0.25, 0.3) is 0 Å². The van der Waals surface area contributed by atoms with Crippen LogP contribution in [0.3, 0.4) is 0 Å². The van der Waals surface area contributed by atoms with Gasteiger partial charge in [-0.25, -0.2) is 4.98 Å². The maximum absolute atomic E-state index is 5.96. The van der Waals surface area contributed by atoms with E-state index >= 15 is 0 Å². The normalized spacial score (nSPS) is 12.5. The molecule has 0 spiro atoms. The molecule has 1 aromatic rings. The molecule has 0 fully saturated rings. The third-order valence-electron chi connectivity index (χ3n) is 1.82. The number of aromatic nitrogens is 2. The second-order valence-corrected chi connectivity index (χ2v) is 3.49. The number of nitrogens with one attached hydrogen (secondary N) is 1. The largest absolute Gasteiger partial charge is 0.367 e. The molecule has 0 amide bonds. The highest BCUT2D eigenvalue weighted by molar-refractivity contribution is 6.20. The first kappa shape index (κ1) is 10.3. The fourth-order valence-electron chi connectivity index (χ4n) is 0.933. The Labute approximate surface area is 83.5 Å². The van der Waals surface area contributed by atoms with Crippen molar-refractivity contribution in [3.05, 3.63) is 18.1 Å². The molecule has 1 atom stereocenters. The fraction of sp³-hybridized carbons (Fsp3) is 0.556. The van der Waals surface area contributed by atoms with E-state index in [-0.39, 0.29) is 5.38 Å². The molecule has 1 rings (SSSR count). The maximum atomic E-state index is 5.96. The molecule has 0 saturated heterocycles. The molecule has 1 unspecified atom stereocenters. The van der Waals surface area contributed by atoms with E-state index in [9.17, 15) is 0 Å². The Morgan fingerprint density at radius 1 is 1.46 bits per heavy atom. The first-order chi connectivity index (χ1) is 6.24. The zero-order chi connectivity index (χ0) is 9.68. The summed E-state index contributed by atoms with van der Waals surface area (Å²) in [7, 11) is 0. The average Bonchev–Trinajstić information content (AvgIpc) is 2.16. The molecule has 4 heteroatoms. The summed E-state index contributed by atoms with van der Waals surface area (Å²) in [5.74, 6) is 0.821. The van der Waals surface area contributed by atoms with E-state index < -0.39 is 0 Å². The van der Waals surface area contributed by atoms with E-state index in [0.717, 1.165) is 24.5 Å². The smallest absolute Gasteiger partial charge is 0.147 e. The fourth-order valence-corrected chi connectivity index (χ4v) is 1.01. The van der Waals surface area contributed by atoms with E-state index in [1.165, 1.54) is 0 Å². The van der Waals surface area contributed by atoms with Crippen molar-refractivity contribution in [2.45, 2.75) is 25.6 Å². The van der Waals surface area contributed by atoms with Crippen LogP contribution in [0.2, 0.25) is 0 Å². The van der Waals surface area contributed by atoms with Gasteiger partial charge in [-0.2, -0.15) is 0 Å². The minimum absolute atomic E-state index is 0.154. The highest BCUT2D eigenvalue weighted by Crippen LogP contribution is 2.08. The minimum Gasteiger partial charge on any atom is -0.367 e. The van der Waals surface area contributed by atoms with Gasteiger partial charge in [-0.3, -0.25) is 4.98 Å². The Kier molecular flexibility index (Phi) is 3.96. The van der Waals surface area contributed by atoms with Crippen LogP contribution in [0.5, 0.6) is 0 Å². The summed E-state index contributed by atoms with van der Waals surface area (Å²) in [6, 6.07) is 0. The third-order valence-corrected chi connectivity index (χ3v) is 2.28. The van der Waals surface area contributed by atoms with E-state index in [4.69, 9.17) is 11.6 Å². The molecular formula is C9H14ClN3. The van der Waals surface area contributed by atoms with Crippen LogP contribution in [-0.2, 0) is 0 Å². The Balaban J connectivity index is 2.50. The van der Waals surface area contributed by atoms with Gasteiger partial charge in [-0.05, 0) is 13.3 Å². The lowest BCUT2D eigenvalue weighted by atomic mass is 10.3. The number of hydrogen-bond donors (Lipinski definition) is 1. The average molecular weight is 200 g/mol. The van der Waals surface area contributed by atoms with Crippen molar-refractivity contribution in [1.29, 1.82) is 0 Å². The molecule has 0 aromatic carbocycles. The van der Waals surface area contributed by atoms with Crippen molar-refractivity contribution in [1.82, 2.24) is 9.97 Å². The zero-order valence-corrected chi connectivity index (χ0v) is 8.67. The summed E-state index contributed by atoms with van der Waals surface area (Å²) >= 11 is 5.96. The number of nitrogens with zero attached hydrogens (tertiary/aromatic N) is 2. The van der Waals surface area contributed by atoms with Crippen molar-refractivity contribution in [3.63, 3.8) is 0 Å². The number of halogens is 1. The van der Waals surface area contributed by atoms with Crippen LogP contribution in [0.1, 0.15) is 19.0 Å². The molecule has 0 radical (unpaired) electrons. The predicted octanol–water partition coefficient (Wildman–Crippen LogP) is 2.21. The van der Waals surface area contributed by atoms with E-state index in [2.05, 4.69) is 22.2 Å². The van der Waals surface area contributed by atoms with Gasteiger partial charge >= 0.3 is 0 Å². The van der Waals surface area contributed by atoms with Crippen molar-refractivity contribution in [2.75, 3.05) is 11.9 Å². The lowest BCUT2D eigenvalue weighted by Gasteiger charge is -2.09. The topological polar surface area (TPSA) is 37.8 Å². The van der Waals surface area contributed by atoms with Crippen molar-refractivity contribution < 1.29 is 0 Å². The minimum atomic E-state index is 0.154. The molecule has 0 saturated carbocycles. The summed E-state index contributed by atoms with van der Waals surface area (Å²) < 4.78 is 0. The molecule has 1 N–H and O–H groups in total. The highest BCUT2D eigenvalue weighted by Gasteiger charge is 2.03. The number of hydrogen-bond acceptors (Lipinski definition) is 3. The van der Waals surface area contributed by atoms with Gasteiger partial charge in [0.1, 0.15) is 5.82 Å². The first-order valence-electron chi connectivity index (χ1n) is 4.39. The second-order valence-electron chi connectivity index (χ2n) is 2.88. The number of alkyl halides is 1. The third kappa shape index (κ3) is 3.19. The zero-order valence-electron chi connectivity index (χ0n) is 7.92. The number of aryl methyl sites for hydroxylation is 1. The summed E-state index contributed by atoms with van der Waals surface area (Å²) in [5, 5.41) is 3.31. The van der Waals surface area contributed by atoms with E-state index in [1.807, 2.05) is 6.92 Å². The van der Waals surface area contributed by atoms with Gasteiger partial charge in [0, 0.05) is 18.9 Å². The van der Waals surface area contributed by atoms with Gasteiger partial charge in [0.05, 0.1) is 11.1 Å². The highest BCUT2D eigenvalue weighted by atomic mass is 35.5. The monoisotopic (exact) mass is 199 g/mol. The van der Waals surface area contributed by atoms with Crippen LogP contribution in [0.15, 0.2) is 12.4 Å². The van der Waals surface area contributed by atoms with Crippen LogP contribution in [0, 0.1) is 6.92 Å². The van der Waals surface area contributed by atoms with Crippen molar-refractivity contribution in [3.8, 4) is 0 Å². The lowest BCUT2D eigenvalue weighted by Crippen LogP contribution is -2.14. The molecule has 1 heterocycles. The van der Waals surface area contributed by atoms with Gasteiger partial charge in [0.15, 0.2) is 0 Å². The Morgan fingerprint density at radius 3 is 2.77 bits per heavy atom. The summed E-state index contributed by atoms with van der Waals surface area (Å²) in [6.07, 6.45) is 4.30. The van der Waals surface area contributed by atoms with E-state index in [1.54, 1.807) is 12.4 Å². The van der Waals surface area contributed by atoms with Gasteiger partial charge in [0.25, 0.3) is 0 Å². The number of anilines is 1. The van der Waals surface area contributed by atoms with Gasteiger partial charge in [0.2, 0.25) is 0 Å². The maximum Gasteiger partial charge on any atom is 0.147 e. The lowest BCUT2D eigenvalue weighted by molar-refractivity contribution is 0.838. The van der Waals surface area contributed by atoms with Crippen LogP contribution >= 0.6 is 11.6 Å².